The van der Waals surface area contributed by atoms with Crippen LogP contribution in [0, 0.1) is 10.1 Å². The van der Waals surface area contributed by atoms with E-state index in [-0.39, 0.29) is 18.0 Å². The number of rotatable bonds is 4. The van der Waals surface area contributed by atoms with Crippen LogP contribution in [-0.4, -0.2) is 10.0 Å². The van der Waals surface area contributed by atoms with Gasteiger partial charge in [-0.3, -0.25) is 10.1 Å². The Hall–Kier alpha value is -1.44. The van der Waals surface area contributed by atoms with Crippen LogP contribution >= 0.6 is 31.9 Å². The first-order valence-corrected chi connectivity index (χ1v) is 7.11. The van der Waals surface area contributed by atoms with Crippen molar-refractivity contribution in [3.63, 3.8) is 0 Å². The highest BCUT2D eigenvalue weighted by Crippen LogP contribution is 2.38. The Morgan fingerprint density at radius 2 is 1.95 bits per heavy atom. The van der Waals surface area contributed by atoms with Gasteiger partial charge in [-0.15, -0.1) is 0 Å². The van der Waals surface area contributed by atoms with Gasteiger partial charge in [0, 0.05) is 10.5 Å². The molecule has 1 N–H and O–H groups in total. The van der Waals surface area contributed by atoms with Crippen LogP contribution in [0.5, 0.6) is 11.5 Å². The van der Waals surface area contributed by atoms with Gasteiger partial charge in [0.2, 0.25) is 5.75 Å². The molecule has 0 bridgehead atoms. The highest BCUT2D eigenvalue weighted by Gasteiger charge is 2.18. The van der Waals surface area contributed by atoms with E-state index in [0.717, 1.165) is 0 Å². The second-order valence-corrected chi connectivity index (χ2v) is 5.57. The molecule has 0 aliphatic carbocycles. The van der Waals surface area contributed by atoms with Crippen molar-refractivity contribution in [3.8, 4) is 11.5 Å². The van der Waals surface area contributed by atoms with Crippen LogP contribution in [0.25, 0.3) is 0 Å². The number of nitro groups is 1. The van der Waals surface area contributed by atoms with E-state index in [0.29, 0.717) is 20.3 Å². The molecule has 0 unspecified atom stereocenters. The van der Waals surface area contributed by atoms with Gasteiger partial charge < -0.3 is 9.84 Å². The molecule has 0 aliphatic rings. The van der Waals surface area contributed by atoms with Crippen molar-refractivity contribution in [1.29, 1.82) is 0 Å². The Balaban J connectivity index is 2.39. The number of hydrogen-bond acceptors (Lipinski definition) is 4. The molecule has 5 nitrogen and oxygen atoms in total. The highest BCUT2D eigenvalue weighted by atomic mass is 79.9. The average molecular weight is 403 g/mol. The van der Waals surface area contributed by atoms with E-state index in [1.165, 1.54) is 6.07 Å². The van der Waals surface area contributed by atoms with Gasteiger partial charge >= 0.3 is 5.69 Å². The maximum absolute atomic E-state index is 11.0. The summed E-state index contributed by atoms with van der Waals surface area (Å²) in [5.74, 6) is 0.574. The van der Waals surface area contributed by atoms with E-state index in [9.17, 15) is 10.1 Å². The molecule has 0 saturated heterocycles. The number of hydrogen-bond donors (Lipinski definition) is 1. The monoisotopic (exact) mass is 401 g/mol. The van der Waals surface area contributed by atoms with Crippen LogP contribution < -0.4 is 4.74 Å². The van der Waals surface area contributed by atoms with E-state index in [1.807, 2.05) is 0 Å². The van der Waals surface area contributed by atoms with Gasteiger partial charge in [0.05, 0.1) is 16.0 Å². The molecule has 0 saturated carbocycles. The highest BCUT2D eigenvalue weighted by molar-refractivity contribution is 9.10. The van der Waals surface area contributed by atoms with Crippen molar-refractivity contribution in [1.82, 2.24) is 0 Å². The molecule has 0 fully saturated rings. The molecular weight excluding hydrogens is 394 g/mol. The van der Waals surface area contributed by atoms with Crippen LogP contribution in [0.1, 0.15) is 5.56 Å². The number of aliphatic hydroxyl groups excluding tert-OH is 1. The lowest BCUT2D eigenvalue weighted by atomic mass is 10.2. The van der Waals surface area contributed by atoms with Crippen molar-refractivity contribution in [2.24, 2.45) is 0 Å². The van der Waals surface area contributed by atoms with E-state index in [2.05, 4.69) is 31.9 Å². The van der Waals surface area contributed by atoms with Crippen molar-refractivity contribution in [2.75, 3.05) is 0 Å². The van der Waals surface area contributed by atoms with Gasteiger partial charge in [0.15, 0.2) is 0 Å². The molecule has 0 radical (unpaired) electrons. The number of nitrogens with zero attached hydrogens (tertiary/aromatic N) is 1. The molecule has 0 heterocycles. The van der Waals surface area contributed by atoms with Crippen molar-refractivity contribution < 1.29 is 14.8 Å². The summed E-state index contributed by atoms with van der Waals surface area (Å²) >= 11 is 6.54. The minimum absolute atomic E-state index is 0.101. The van der Waals surface area contributed by atoms with E-state index >= 15 is 0 Å². The number of aliphatic hydroxyl groups is 1. The predicted molar refractivity (Wildman–Crippen MR) is 80.9 cm³/mol. The minimum Gasteiger partial charge on any atom is -0.449 e. The molecule has 2 aromatic rings. The number of ether oxygens (including phenoxy) is 1. The molecule has 0 amide bonds. The van der Waals surface area contributed by atoms with E-state index in [4.69, 9.17) is 9.84 Å². The first kappa shape index (κ1) is 15.0. The van der Waals surface area contributed by atoms with Crippen LogP contribution in [0.3, 0.4) is 0 Å². The summed E-state index contributed by atoms with van der Waals surface area (Å²) in [6, 6.07) is 9.58. The fourth-order valence-electron chi connectivity index (χ4n) is 1.58. The third kappa shape index (κ3) is 3.17. The fourth-order valence-corrected chi connectivity index (χ4v) is 2.50. The summed E-state index contributed by atoms with van der Waals surface area (Å²) < 4.78 is 6.75. The minimum atomic E-state index is -0.503. The summed E-state index contributed by atoms with van der Waals surface area (Å²) in [5, 5.41) is 20.1. The van der Waals surface area contributed by atoms with Gasteiger partial charge in [-0.25, -0.2) is 0 Å². The maximum atomic E-state index is 11.0. The third-order valence-electron chi connectivity index (χ3n) is 2.56. The molecule has 0 aromatic heterocycles. The Morgan fingerprint density at radius 1 is 1.20 bits per heavy atom. The third-order valence-corrected chi connectivity index (χ3v) is 3.92. The predicted octanol–water partition coefficient (Wildman–Crippen LogP) is 4.40. The van der Waals surface area contributed by atoms with Crippen LogP contribution in [0.4, 0.5) is 5.69 Å². The molecule has 0 aliphatic heterocycles. The summed E-state index contributed by atoms with van der Waals surface area (Å²) in [5.41, 5.74) is 0.584. The first-order valence-electron chi connectivity index (χ1n) is 5.53. The molecular formula is C13H9Br2NO4. The Morgan fingerprint density at radius 3 is 2.55 bits per heavy atom. The Labute approximate surface area is 131 Å². The zero-order valence-electron chi connectivity index (χ0n) is 10.0. The topological polar surface area (TPSA) is 72.6 Å². The normalized spacial score (nSPS) is 10.3. The van der Waals surface area contributed by atoms with E-state index in [1.54, 1.807) is 30.3 Å². The summed E-state index contributed by atoms with van der Waals surface area (Å²) in [7, 11) is 0. The molecule has 2 aromatic carbocycles. The van der Waals surface area contributed by atoms with Gasteiger partial charge in [0.1, 0.15) is 5.75 Å². The zero-order chi connectivity index (χ0) is 14.7. The Bertz CT molecular complexity index is 661. The molecule has 0 spiro atoms. The van der Waals surface area contributed by atoms with Gasteiger partial charge in [-0.2, -0.15) is 0 Å². The van der Waals surface area contributed by atoms with Crippen LogP contribution in [-0.2, 0) is 6.61 Å². The molecule has 2 rings (SSSR count). The Kier molecular flexibility index (Phi) is 4.74. The molecule has 20 heavy (non-hydrogen) atoms. The lowest BCUT2D eigenvalue weighted by Crippen LogP contribution is -1.95. The lowest BCUT2D eigenvalue weighted by Gasteiger charge is -2.09. The number of para-hydroxylation sites is 1. The smallest absolute Gasteiger partial charge is 0.312 e. The molecule has 7 heteroatoms. The number of benzene rings is 2. The van der Waals surface area contributed by atoms with Crippen molar-refractivity contribution in [3.05, 3.63) is 61.0 Å². The van der Waals surface area contributed by atoms with Crippen molar-refractivity contribution >= 4 is 37.5 Å². The number of halogens is 2. The largest absolute Gasteiger partial charge is 0.449 e. The molecule has 104 valence electrons. The van der Waals surface area contributed by atoms with Gasteiger partial charge in [-0.05, 0) is 39.7 Å². The van der Waals surface area contributed by atoms with Crippen LogP contribution in [0.15, 0.2) is 45.3 Å². The summed E-state index contributed by atoms with van der Waals surface area (Å²) in [6.07, 6.45) is 0. The fraction of sp³-hybridized carbons (Fsp3) is 0.0769. The van der Waals surface area contributed by atoms with Crippen LogP contribution in [0.2, 0.25) is 0 Å². The quantitative estimate of drug-likeness (QED) is 0.607. The second-order valence-electron chi connectivity index (χ2n) is 3.86. The van der Waals surface area contributed by atoms with Gasteiger partial charge in [-0.1, -0.05) is 28.1 Å². The van der Waals surface area contributed by atoms with Gasteiger partial charge in [0.25, 0.3) is 0 Å². The zero-order valence-corrected chi connectivity index (χ0v) is 13.2. The lowest BCUT2D eigenvalue weighted by molar-refractivity contribution is -0.385. The summed E-state index contributed by atoms with van der Waals surface area (Å²) in [6.45, 7) is -0.101. The summed E-state index contributed by atoms with van der Waals surface area (Å²) in [4.78, 5) is 10.5. The number of nitro benzene ring substituents is 1. The molecule has 0 atom stereocenters. The maximum Gasteiger partial charge on any atom is 0.312 e. The first-order chi connectivity index (χ1) is 9.52. The SMILES string of the molecule is O=[N+]([O-])c1cccc(Br)c1Oc1ccc(CO)c(Br)c1. The second kappa shape index (κ2) is 6.34. The van der Waals surface area contributed by atoms with Crippen molar-refractivity contribution in [2.45, 2.75) is 6.61 Å². The average Bonchev–Trinajstić information content (AvgIpc) is 2.41. The van der Waals surface area contributed by atoms with E-state index < -0.39 is 4.92 Å². The standard InChI is InChI=1S/C13H9Br2NO4/c14-10-2-1-3-12(16(18)19)13(10)20-9-5-4-8(7-17)11(15)6-9/h1-6,17H,7H2.